The Labute approximate surface area is 127 Å². The lowest BCUT2D eigenvalue weighted by atomic mass is 10.0. The Hall–Kier alpha value is -0.890. The summed E-state index contributed by atoms with van der Waals surface area (Å²) in [6, 6.07) is 0. The molecule has 21 heavy (non-hydrogen) atoms. The molecule has 3 N–H and O–H groups in total. The number of oxime groups is 1. The van der Waals surface area contributed by atoms with Gasteiger partial charge in [0, 0.05) is 53.0 Å². The minimum absolute atomic E-state index is 0.262. The highest BCUT2D eigenvalue weighted by molar-refractivity contribution is 5.88. The van der Waals surface area contributed by atoms with Gasteiger partial charge in [-0.1, -0.05) is 5.16 Å². The van der Waals surface area contributed by atoms with Crippen molar-refractivity contribution in [2.45, 2.75) is 25.8 Å². The molecule has 1 rings (SSSR count). The molecular weight excluding hydrogens is 272 g/mol. The first-order valence-electron chi connectivity index (χ1n) is 7.54. The van der Waals surface area contributed by atoms with Gasteiger partial charge >= 0.3 is 0 Å². The SMILES string of the molecule is COCCCOCCN1CCN(C(C)(C)C(N)=NO)CC1. The smallest absolute Gasteiger partial charge is 0.159 e. The molecule has 0 bridgehead atoms. The Morgan fingerprint density at radius 1 is 1.19 bits per heavy atom. The molecule has 0 amide bonds. The van der Waals surface area contributed by atoms with Crippen molar-refractivity contribution in [3.63, 3.8) is 0 Å². The highest BCUT2D eigenvalue weighted by atomic mass is 16.5. The molecule has 0 aliphatic carbocycles. The average Bonchev–Trinajstić information content (AvgIpc) is 2.50. The third-order valence-electron chi connectivity index (χ3n) is 4.09. The van der Waals surface area contributed by atoms with Crippen molar-refractivity contribution in [2.24, 2.45) is 10.9 Å². The van der Waals surface area contributed by atoms with E-state index < -0.39 is 5.54 Å². The van der Waals surface area contributed by atoms with Crippen molar-refractivity contribution in [3.05, 3.63) is 0 Å². The van der Waals surface area contributed by atoms with E-state index in [0.717, 1.165) is 59.0 Å². The lowest BCUT2D eigenvalue weighted by molar-refractivity contribution is 0.0490. The van der Waals surface area contributed by atoms with E-state index in [0.29, 0.717) is 0 Å². The molecule has 1 aliphatic rings. The van der Waals surface area contributed by atoms with Gasteiger partial charge in [0.25, 0.3) is 0 Å². The topological polar surface area (TPSA) is 83.6 Å². The summed E-state index contributed by atoms with van der Waals surface area (Å²) in [5.41, 5.74) is 5.36. The zero-order valence-corrected chi connectivity index (χ0v) is 13.5. The van der Waals surface area contributed by atoms with Crippen LogP contribution in [0, 0.1) is 0 Å². The minimum Gasteiger partial charge on any atom is -0.409 e. The van der Waals surface area contributed by atoms with E-state index in [2.05, 4.69) is 15.0 Å². The molecule has 7 heteroatoms. The molecule has 0 aromatic carbocycles. The number of rotatable bonds is 9. The van der Waals surface area contributed by atoms with Crippen LogP contribution in [0.15, 0.2) is 5.16 Å². The Morgan fingerprint density at radius 2 is 1.86 bits per heavy atom. The van der Waals surface area contributed by atoms with Crippen LogP contribution >= 0.6 is 0 Å². The van der Waals surface area contributed by atoms with Crippen LogP contribution in [-0.4, -0.2) is 86.0 Å². The molecule has 0 radical (unpaired) electrons. The summed E-state index contributed by atoms with van der Waals surface area (Å²) in [5.74, 6) is 0.262. The molecule has 0 aromatic rings. The monoisotopic (exact) mass is 302 g/mol. The zero-order valence-electron chi connectivity index (χ0n) is 13.5. The van der Waals surface area contributed by atoms with E-state index in [4.69, 9.17) is 20.4 Å². The molecule has 0 spiro atoms. The van der Waals surface area contributed by atoms with Gasteiger partial charge in [0.05, 0.1) is 12.1 Å². The van der Waals surface area contributed by atoms with E-state index in [1.165, 1.54) is 0 Å². The number of nitrogens with two attached hydrogens (primary N) is 1. The van der Waals surface area contributed by atoms with Crippen LogP contribution in [0.4, 0.5) is 0 Å². The lowest BCUT2D eigenvalue weighted by Crippen LogP contribution is -2.59. The third kappa shape index (κ3) is 5.78. The van der Waals surface area contributed by atoms with Gasteiger partial charge in [0.1, 0.15) is 0 Å². The molecule has 0 saturated carbocycles. The second kappa shape index (κ2) is 9.19. The number of hydrogen-bond donors (Lipinski definition) is 2. The number of piperazine rings is 1. The highest BCUT2D eigenvalue weighted by Crippen LogP contribution is 2.17. The third-order valence-corrected chi connectivity index (χ3v) is 4.09. The largest absolute Gasteiger partial charge is 0.409 e. The molecular formula is C14H30N4O3. The molecule has 0 unspecified atom stereocenters. The summed E-state index contributed by atoms with van der Waals surface area (Å²) < 4.78 is 10.6. The summed E-state index contributed by atoms with van der Waals surface area (Å²) in [6.45, 7) is 10.9. The predicted molar refractivity (Wildman–Crippen MR) is 82.8 cm³/mol. The molecule has 1 saturated heterocycles. The number of ether oxygens (including phenoxy) is 2. The normalized spacial score (nSPS) is 19.1. The van der Waals surface area contributed by atoms with Gasteiger partial charge in [-0.2, -0.15) is 0 Å². The summed E-state index contributed by atoms with van der Waals surface area (Å²) in [6.07, 6.45) is 0.943. The fourth-order valence-electron chi connectivity index (χ4n) is 2.42. The van der Waals surface area contributed by atoms with Gasteiger partial charge in [-0.3, -0.25) is 9.80 Å². The standard InChI is InChI=1S/C14H30N4O3/c1-14(2,13(15)16-19)18-7-5-17(6-8-18)9-12-21-11-4-10-20-3/h19H,4-12H2,1-3H3,(H2,15,16). The molecule has 124 valence electrons. The van der Waals surface area contributed by atoms with E-state index >= 15 is 0 Å². The number of amidine groups is 1. The van der Waals surface area contributed by atoms with E-state index in [9.17, 15) is 0 Å². The maximum absolute atomic E-state index is 8.86. The van der Waals surface area contributed by atoms with Gasteiger partial charge in [-0.15, -0.1) is 0 Å². The second-order valence-electron chi connectivity index (χ2n) is 5.83. The maximum Gasteiger partial charge on any atom is 0.159 e. The van der Waals surface area contributed by atoms with Crippen LogP contribution in [0.3, 0.4) is 0 Å². The second-order valence-corrected chi connectivity index (χ2v) is 5.83. The van der Waals surface area contributed by atoms with Gasteiger partial charge < -0.3 is 20.4 Å². The van der Waals surface area contributed by atoms with Crippen LogP contribution < -0.4 is 5.73 Å². The van der Waals surface area contributed by atoms with Crippen molar-refractivity contribution in [2.75, 3.05) is 59.7 Å². The highest BCUT2D eigenvalue weighted by Gasteiger charge is 2.33. The maximum atomic E-state index is 8.86. The van der Waals surface area contributed by atoms with Crippen LogP contribution in [0.2, 0.25) is 0 Å². The zero-order chi connectivity index (χ0) is 15.7. The molecule has 0 atom stereocenters. The molecule has 0 aromatic heterocycles. The number of nitrogens with zero attached hydrogens (tertiary/aromatic N) is 3. The van der Waals surface area contributed by atoms with Gasteiger partial charge in [0.15, 0.2) is 5.84 Å². The quantitative estimate of drug-likeness (QED) is 0.208. The van der Waals surface area contributed by atoms with Crippen LogP contribution in [-0.2, 0) is 9.47 Å². The summed E-state index contributed by atoms with van der Waals surface area (Å²) in [4.78, 5) is 4.63. The van der Waals surface area contributed by atoms with Crippen molar-refractivity contribution in [3.8, 4) is 0 Å². The summed E-state index contributed by atoms with van der Waals surface area (Å²) in [5, 5.41) is 12.0. The Morgan fingerprint density at radius 3 is 2.43 bits per heavy atom. The average molecular weight is 302 g/mol. The van der Waals surface area contributed by atoms with Crippen molar-refractivity contribution in [1.29, 1.82) is 0 Å². The van der Waals surface area contributed by atoms with Crippen molar-refractivity contribution >= 4 is 5.84 Å². The number of hydrogen-bond acceptors (Lipinski definition) is 6. The van der Waals surface area contributed by atoms with E-state index in [1.54, 1.807) is 7.11 Å². The fourth-order valence-corrected chi connectivity index (χ4v) is 2.42. The molecule has 1 aliphatic heterocycles. The van der Waals surface area contributed by atoms with E-state index in [-0.39, 0.29) is 5.84 Å². The van der Waals surface area contributed by atoms with E-state index in [1.807, 2.05) is 13.8 Å². The van der Waals surface area contributed by atoms with Crippen LogP contribution in [0.1, 0.15) is 20.3 Å². The Bertz CT molecular complexity index is 315. The fraction of sp³-hybridized carbons (Fsp3) is 0.929. The first-order valence-corrected chi connectivity index (χ1v) is 7.54. The Kier molecular flexibility index (Phi) is 7.95. The number of methoxy groups -OCH3 is 1. The minimum atomic E-state index is -0.405. The predicted octanol–water partition coefficient (Wildman–Crippen LogP) is 0.182. The Balaban J connectivity index is 2.20. The molecule has 1 heterocycles. The summed E-state index contributed by atoms with van der Waals surface area (Å²) >= 11 is 0. The lowest BCUT2D eigenvalue weighted by Gasteiger charge is -2.43. The van der Waals surface area contributed by atoms with Gasteiger partial charge in [0.2, 0.25) is 0 Å². The first kappa shape index (κ1) is 18.2. The van der Waals surface area contributed by atoms with Gasteiger partial charge in [-0.05, 0) is 20.3 Å². The summed E-state index contributed by atoms with van der Waals surface area (Å²) in [7, 11) is 1.70. The van der Waals surface area contributed by atoms with Gasteiger partial charge in [-0.25, -0.2) is 0 Å². The first-order chi connectivity index (χ1) is 10.0. The van der Waals surface area contributed by atoms with Crippen molar-refractivity contribution in [1.82, 2.24) is 9.80 Å². The molecule has 7 nitrogen and oxygen atoms in total. The van der Waals surface area contributed by atoms with Crippen LogP contribution in [0.25, 0.3) is 0 Å². The molecule has 1 fully saturated rings. The van der Waals surface area contributed by atoms with Crippen LogP contribution in [0.5, 0.6) is 0 Å². The van der Waals surface area contributed by atoms with Crippen molar-refractivity contribution < 1.29 is 14.7 Å².